The standard InChI is InChI=1S/C19H23N5O3S/c1-12-10-14(28(26,27)24-8-6-13(11-24)7-9-25)2-3-15(12)16-4-5-17-18(21-16)19(20)23-22-17/h2-5,10,13,25H,6-9,11H2,1H3,(H3,20,22,23). The van der Waals surface area contributed by atoms with Crippen LogP contribution in [0.3, 0.4) is 0 Å². The molecule has 0 spiro atoms. The van der Waals surface area contributed by atoms with Gasteiger partial charge in [-0.05, 0) is 55.5 Å². The fourth-order valence-electron chi connectivity index (χ4n) is 3.73. The number of aromatic amines is 1. The Bertz CT molecular complexity index is 1130. The second kappa shape index (κ2) is 7.16. The molecule has 1 aromatic carbocycles. The number of sulfonamides is 1. The predicted octanol–water partition coefficient (Wildman–Crippen LogP) is 1.91. The average molecular weight is 401 g/mol. The van der Waals surface area contributed by atoms with Crippen molar-refractivity contribution in [3.05, 3.63) is 35.9 Å². The molecule has 8 nitrogen and oxygen atoms in total. The van der Waals surface area contributed by atoms with Crippen LogP contribution in [0.25, 0.3) is 22.3 Å². The van der Waals surface area contributed by atoms with Gasteiger partial charge in [-0.15, -0.1) is 0 Å². The number of anilines is 1. The number of rotatable bonds is 5. The summed E-state index contributed by atoms with van der Waals surface area (Å²) in [6.45, 7) is 2.91. The molecule has 2 aromatic heterocycles. The van der Waals surface area contributed by atoms with E-state index in [0.717, 1.165) is 23.1 Å². The van der Waals surface area contributed by atoms with E-state index in [-0.39, 0.29) is 17.4 Å². The first-order chi connectivity index (χ1) is 13.4. The summed E-state index contributed by atoms with van der Waals surface area (Å²) < 4.78 is 27.5. The Morgan fingerprint density at radius 1 is 1.32 bits per heavy atom. The molecule has 1 atom stereocenters. The summed E-state index contributed by atoms with van der Waals surface area (Å²) >= 11 is 0. The van der Waals surface area contributed by atoms with Crippen molar-refractivity contribution in [3.63, 3.8) is 0 Å². The van der Waals surface area contributed by atoms with E-state index >= 15 is 0 Å². The van der Waals surface area contributed by atoms with Crippen LogP contribution in [0.4, 0.5) is 5.82 Å². The Balaban J connectivity index is 1.64. The van der Waals surface area contributed by atoms with Crippen molar-refractivity contribution in [2.75, 3.05) is 25.4 Å². The molecule has 1 aliphatic rings. The zero-order valence-electron chi connectivity index (χ0n) is 15.6. The number of benzene rings is 1. The molecule has 28 heavy (non-hydrogen) atoms. The highest BCUT2D eigenvalue weighted by Crippen LogP contribution is 2.30. The van der Waals surface area contributed by atoms with Crippen LogP contribution in [0, 0.1) is 12.8 Å². The molecule has 1 saturated heterocycles. The van der Waals surface area contributed by atoms with E-state index in [4.69, 9.17) is 10.8 Å². The Morgan fingerprint density at radius 2 is 2.14 bits per heavy atom. The number of hydrogen-bond acceptors (Lipinski definition) is 6. The summed E-state index contributed by atoms with van der Waals surface area (Å²) in [5, 5.41) is 15.9. The molecule has 4 rings (SSSR count). The molecule has 3 aromatic rings. The third-order valence-electron chi connectivity index (χ3n) is 5.33. The molecule has 1 aliphatic heterocycles. The molecule has 1 fully saturated rings. The van der Waals surface area contributed by atoms with Crippen LogP contribution in [-0.2, 0) is 10.0 Å². The van der Waals surface area contributed by atoms with Gasteiger partial charge in [0.25, 0.3) is 0 Å². The van der Waals surface area contributed by atoms with E-state index in [2.05, 4.69) is 15.2 Å². The maximum absolute atomic E-state index is 13.0. The van der Waals surface area contributed by atoms with E-state index < -0.39 is 10.0 Å². The van der Waals surface area contributed by atoms with Crippen molar-refractivity contribution in [1.29, 1.82) is 0 Å². The van der Waals surface area contributed by atoms with E-state index in [0.29, 0.717) is 36.5 Å². The lowest BCUT2D eigenvalue weighted by Crippen LogP contribution is -2.29. The monoisotopic (exact) mass is 401 g/mol. The summed E-state index contributed by atoms with van der Waals surface area (Å²) in [4.78, 5) is 4.84. The number of hydrogen-bond donors (Lipinski definition) is 3. The number of pyridine rings is 1. The van der Waals surface area contributed by atoms with Gasteiger partial charge in [-0.3, -0.25) is 5.10 Å². The first-order valence-electron chi connectivity index (χ1n) is 9.23. The van der Waals surface area contributed by atoms with Gasteiger partial charge in [-0.2, -0.15) is 9.40 Å². The van der Waals surface area contributed by atoms with E-state index in [9.17, 15) is 8.42 Å². The van der Waals surface area contributed by atoms with Crippen LogP contribution in [0.2, 0.25) is 0 Å². The van der Waals surface area contributed by atoms with Gasteiger partial charge in [0.2, 0.25) is 10.0 Å². The largest absolute Gasteiger partial charge is 0.396 e. The summed E-state index contributed by atoms with van der Waals surface area (Å²) in [7, 11) is -3.55. The van der Waals surface area contributed by atoms with E-state index in [1.54, 1.807) is 18.2 Å². The molecule has 4 N–H and O–H groups in total. The molecule has 3 heterocycles. The minimum atomic E-state index is -3.55. The summed E-state index contributed by atoms with van der Waals surface area (Å²) in [5.41, 5.74) is 9.57. The average Bonchev–Trinajstić information content (AvgIpc) is 3.29. The quantitative estimate of drug-likeness (QED) is 0.600. The van der Waals surface area contributed by atoms with Crippen LogP contribution in [0.5, 0.6) is 0 Å². The third-order valence-corrected chi connectivity index (χ3v) is 7.19. The van der Waals surface area contributed by atoms with Crippen LogP contribution in [-0.4, -0.2) is 52.7 Å². The van der Waals surface area contributed by atoms with Gasteiger partial charge in [-0.25, -0.2) is 13.4 Å². The van der Waals surface area contributed by atoms with E-state index in [1.807, 2.05) is 19.1 Å². The Hall–Kier alpha value is -2.49. The number of fused-ring (bicyclic) bond motifs is 1. The SMILES string of the molecule is Cc1cc(S(=O)(=O)N2CCC(CCO)C2)ccc1-c1ccc2[nH]nc(N)c2n1. The van der Waals surface area contributed by atoms with Crippen LogP contribution < -0.4 is 5.73 Å². The van der Waals surface area contributed by atoms with Crippen molar-refractivity contribution < 1.29 is 13.5 Å². The number of nitrogens with two attached hydrogens (primary N) is 1. The fraction of sp³-hybridized carbons (Fsp3) is 0.368. The van der Waals surface area contributed by atoms with Gasteiger partial charge in [0.05, 0.1) is 16.1 Å². The molecule has 0 radical (unpaired) electrons. The van der Waals surface area contributed by atoms with Gasteiger partial charge < -0.3 is 10.8 Å². The van der Waals surface area contributed by atoms with Gasteiger partial charge >= 0.3 is 0 Å². The Morgan fingerprint density at radius 3 is 2.89 bits per heavy atom. The van der Waals surface area contributed by atoms with Crippen molar-refractivity contribution in [1.82, 2.24) is 19.5 Å². The number of H-pyrrole nitrogens is 1. The highest BCUT2D eigenvalue weighted by molar-refractivity contribution is 7.89. The number of aryl methyl sites for hydroxylation is 1. The molecule has 0 saturated carbocycles. The summed E-state index contributed by atoms with van der Waals surface area (Å²) in [6, 6.07) is 8.82. The van der Waals surface area contributed by atoms with Gasteiger partial charge in [0.1, 0.15) is 5.52 Å². The lowest BCUT2D eigenvalue weighted by Gasteiger charge is -2.17. The third kappa shape index (κ3) is 3.25. The normalized spacial score (nSPS) is 18.1. The maximum Gasteiger partial charge on any atom is 0.243 e. The van der Waals surface area contributed by atoms with Crippen LogP contribution >= 0.6 is 0 Å². The highest BCUT2D eigenvalue weighted by Gasteiger charge is 2.32. The topological polar surface area (TPSA) is 125 Å². The van der Waals surface area contributed by atoms with Crippen molar-refractivity contribution in [2.45, 2.75) is 24.7 Å². The molecule has 9 heteroatoms. The lowest BCUT2D eigenvalue weighted by atomic mass is 10.1. The molecule has 148 valence electrons. The number of nitrogens with zero attached hydrogens (tertiary/aromatic N) is 3. The number of nitrogen functional groups attached to an aromatic ring is 1. The first kappa shape index (κ1) is 18.9. The summed E-state index contributed by atoms with van der Waals surface area (Å²) in [6.07, 6.45) is 1.42. The predicted molar refractivity (Wildman–Crippen MR) is 107 cm³/mol. The molecule has 1 unspecified atom stereocenters. The highest BCUT2D eigenvalue weighted by atomic mass is 32.2. The van der Waals surface area contributed by atoms with Crippen molar-refractivity contribution >= 4 is 26.9 Å². The van der Waals surface area contributed by atoms with Gasteiger partial charge in [-0.1, -0.05) is 6.07 Å². The number of aromatic nitrogens is 3. The minimum Gasteiger partial charge on any atom is -0.396 e. The Labute approximate surface area is 163 Å². The first-order valence-corrected chi connectivity index (χ1v) is 10.7. The zero-order chi connectivity index (χ0) is 19.9. The van der Waals surface area contributed by atoms with Crippen molar-refractivity contribution in [3.8, 4) is 11.3 Å². The number of aliphatic hydroxyl groups is 1. The molecular weight excluding hydrogens is 378 g/mol. The second-order valence-corrected chi connectivity index (χ2v) is 9.15. The maximum atomic E-state index is 13.0. The molecular formula is C19H23N5O3S. The van der Waals surface area contributed by atoms with E-state index in [1.165, 1.54) is 4.31 Å². The smallest absolute Gasteiger partial charge is 0.243 e. The fourth-order valence-corrected chi connectivity index (χ4v) is 5.35. The van der Waals surface area contributed by atoms with Gasteiger partial charge in [0.15, 0.2) is 5.82 Å². The van der Waals surface area contributed by atoms with Crippen molar-refractivity contribution in [2.24, 2.45) is 5.92 Å². The van der Waals surface area contributed by atoms with Gasteiger partial charge in [0, 0.05) is 25.3 Å². The zero-order valence-corrected chi connectivity index (χ0v) is 16.4. The number of nitrogens with one attached hydrogen (secondary N) is 1. The molecule has 0 bridgehead atoms. The minimum absolute atomic E-state index is 0.0882. The van der Waals surface area contributed by atoms with Crippen LogP contribution in [0.15, 0.2) is 35.2 Å². The Kier molecular flexibility index (Phi) is 4.82. The molecule has 0 amide bonds. The molecule has 0 aliphatic carbocycles. The second-order valence-electron chi connectivity index (χ2n) is 7.21. The summed E-state index contributed by atoms with van der Waals surface area (Å²) in [5.74, 6) is 0.552. The lowest BCUT2D eigenvalue weighted by molar-refractivity contribution is 0.259. The van der Waals surface area contributed by atoms with Crippen LogP contribution in [0.1, 0.15) is 18.4 Å². The number of aliphatic hydroxyl groups excluding tert-OH is 1.